The summed E-state index contributed by atoms with van der Waals surface area (Å²) in [5.74, 6) is 0. The molecule has 0 amide bonds. The van der Waals surface area contributed by atoms with Gasteiger partial charge in [0, 0.05) is 55.9 Å². The summed E-state index contributed by atoms with van der Waals surface area (Å²) in [7, 11) is 0. The predicted octanol–water partition coefficient (Wildman–Crippen LogP) is 8.38. The third-order valence-electron chi connectivity index (χ3n) is 7.35. The van der Waals surface area contributed by atoms with Gasteiger partial charge in [0.2, 0.25) is 0 Å². The first-order valence-corrected chi connectivity index (χ1v) is 14.9. The summed E-state index contributed by atoms with van der Waals surface area (Å²) < 4.78 is 2.22. The molecule has 2 atom stereocenters. The lowest BCUT2D eigenvalue weighted by molar-refractivity contribution is -0.384. The largest absolute Gasteiger partial charge is 0.351 e. The van der Waals surface area contributed by atoms with Crippen LogP contribution in [0.1, 0.15) is 34.7 Å². The van der Waals surface area contributed by atoms with Gasteiger partial charge >= 0.3 is 0 Å². The third kappa shape index (κ3) is 5.38. The Morgan fingerprint density at radius 3 is 2.29 bits per heavy atom. The van der Waals surface area contributed by atoms with Gasteiger partial charge in [-0.1, -0.05) is 35.5 Å². The Kier molecular flexibility index (Phi) is 7.72. The van der Waals surface area contributed by atoms with Crippen molar-refractivity contribution in [3.8, 4) is 5.69 Å². The summed E-state index contributed by atoms with van der Waals surface area (Å²) in [6.07, 6.45) is 1.80. The van der Waals surface area contributed by atoms with Crippen molar-refractivity contribution in [2.24, 2.45) is 0 Å². The van der Waals surface area contributed by atoms with Crippen LogP contribution in [0, 0.1) is 24.0 Å². The van der Waals surface area contributed by atoms with Crippen LogP contribution in [0.3, 0.4) is 0 Å². The molecule has 3 aromatic carbocycles. The maximum atomic E-state index is 11.0. The topological polar surface area (TPSA) is 76.2 Å². The Morgan fingerprint density at radius 1 is 0.929 bits per heavy atom. The number of aromatic nitrogens is 2. The highest BCUT2D eigenvalue weighted by molar-refractivity contribution is 7.99. The smallest absolute Gasteiger partial charge is 0.269 e. The van der Waals surface area contributed by atoms with Gasteiger partial charge in [-0.3, -0.25) is 15.1 Å². The molecular formula is C32H26ClN5O2S2. The number of aryl methyl sites for hydroxylation is 1. The molecule has 1 aliphatic heterocycles. The molecule has 1 saturated heterocycles. The molecule has 10 heteroatoms. The highest BCUT2D eigenvalue weighted by Gasteiger charge is 2.42. The maximum Gasteiger partial charge on any atom is 0.269 e. The molecule has 1 N–H and O–H groups in total. The second-order valence-corrected chi connectivity index (χ2v) is 12.0. The molecule has 0 spiro atoms. The van der Waals surface area contributed by atoms with E-state index in [1.807, 2.05) is 48.5 Å². The lowest BCUT2D eigenvalue weighted by Gasteiger charge is -2.28. The van der Waals surface area contributed by atoms with Gasteiger partial charge in [0.1, 0.15) is 0 Å². The van der Waals surface area contributed by atoms with Crippen LogP contribution in [-0.2, 0) is 0 Å². The summed E-state index contributed by atoms with van der Waals surface area (Å²) in [6, 6.07) is 30.5. The van der Waals surface area contributed by atoms with E-state index in [0.717, 1.165) is 43.8 Å². The third-order valence-corrected chi connectivity index (χ3v) is 8.92. The van der Waals surface area contributed by atoms with Crippen LogP contribution in [0.5, 0.6) is 0 Å². The van der Waals surface area contributed by atoms with Crippen LogP contribution in [-0.4, -0.2) is 19.6 Å². The van der Waals surface area contributed by atoms with Crippen molar-refractivity contribution in [1.29, 1.82) is 0 Å². The Balaban J connectivity index is 1.37. The van der Waals surface area contributed by atoms with Crippen molar-refractivity contribution in [2.75, 3.05) is 4.90 Å². The van der Waals surface area contributed by atoms with Gasteiger partial charge in [0.15, 0.2) is 5.11 Å². The van der Waals surface area contributed by atoms with Crippen LogP contribution in [0.15, 0.2) is 113 Å². The molecule has 7 nitrogen and oxygen atoms in total. The molecule has 1 fully saturated rings. The number of rotatable bonds is 7. The van der Waals surface area contributed by atoms with Crippen molar-refractivity contribution in [2.45, 2.75) is 35.7 Å². The summed E-state index contributed by atoms with van der Waals surface area (Å²) in [5, 5.41) is 15.9. The van der Waals surface area contributed by atoms with Gasteiger partial charge in [-0.25, -0.2) is 0 Å². The van der Waals surface area contributed by atoms with E-state index >= 15 is 0 Å². The highest BCUT2D eigenvalue weighted by atomic mass is 35.5. The van der Waals surface area contributed by atoms with Crippen molar-refractivity contribution >= 4 is 52.1 Å². The van der Waals surface area contributed by atoms with Crippen molar-refractivity contribution < 1.29 is 4.92 Å². The summed E-state index contributed by atoms with van der Waals surface area (Å²) in [6.45, 7) is 4.23. The minimum absolute atomic E-state index is 0.0768. The molecule has 210 valence electrons. The van der Waals surface area contributed by atoms with E-state index in [0.29, 0.717) is 10.1 Å². The number of anilines is 1. The second-order valence-electron chi connectivity index (χ2n) is 9.99. The van der Waals surface area contributed by atoms with Crippen LogP contribution in [0.2, 0.25) is 5.02 Å². The quantitative estimate of drug-likeness (QED) is 0.112. The number of thiocarbonyl (C=S) groups is 1. The van der Waals surface area contributed by atoms with Gasteiger partial charge in [0.05, 0.1) is 22.7 Å². The molecule has 42 heavy (non-hydrogen) atoms. The standard InChI is InChI=1S/C32H26ClN5O2S2/c1-20-18-28(21(2)36(20)25-7-5-6-22(33)19-25)31-30(29-8-3-4-17-34-29)35-32(41)37(31)23-9-13-26(14-10-23)42-27-15-11-24(12-16-27)38(39)40/h3-19,30-31H,1-2H3,(H,35,41)/t30-,31-/m1/s1. The molecule has 2 aromatic heterocycles. The van der Waals surface area contributed by atoms with Crippen LogP contribution in [0.25, 0.3) is 5.69 Å². The second kappa shape index (κ2) is 11.6. The zero-order chi connectivity index (χ0) is 29.4. The Bertz CT molecular complexity index is 1780. The van der Waals surface area contributed by atoms with E-state index in [4.69, 9.17) is 23.8 Å². The molecule has 0 saturated carbocycles. The lowest BCUT2D eigenvalue weighted by Crippen LogP contribution is -2.29. The van der Waals surface area contributed by atoms with E-state index in [1.54, 1.807) is 30.1 Å². The number of pyridine rings is 1. The molecule has 0 bridgehead atoms. The number of nitro groups is 1. The number of nitrogens with zero attached hydrogens (tertiary/aromatic N) is 4. The fourth-order valence-electron chi connectivity index (χ4n) is 5.50. The van der Waals surface area contributed by atoms with E-state index in [2.05, 4.69) is 57.9 Å². The number of non-ortho nitro benzene ring substituents is 1. The van der Waals surface area contributed by atoms with Crippen molar-refractivity contribution in [3.05, 3.63) is 141 Å². The molecule has 0 unspecified atom stereocenters. The molecule has 6 rings (SSSR count). The van der Waals surface area contributed by atoms with Crippen molar-refractivity contribution in [3.63, 3.8) is 0 Å². The number of nitrogens with one attached hydrogen (secondary N) is 1. The first-order chi connectivity index (χ1) is 20.3. The van der Waals surface area contributed by atoms with E-state index < -0.39 is 4.92 Å². The molecule has 1 aliphatic rings. The minimum Gasteiger partial charge on any atom is -0.351 e. The average Bonchev–Trinajstić information content (AvgIpc) is 3.48. The monoisotopic (exact) mass is 611 g/mol. The van der Waals surface area contributed by atoms with E-state index in [9.17, 15) is 10.1 Å². The minimum atomic E-state index is -0.392. The zero-order valence-electron chi connectivity index (χ0n) is 22.8. The van der Waals surface area contributed by atoms with Gasteiger partial charge in [-0.2, -0.15) is 0 Å². The molecule has 3 heterocycles. The van der Waals surface area contributed by atoms with Crippen LogP contribution < -0.4 is 10.2 Å². The normalized spacial score (nSPS) is 16.5. The molecule has 0 aliphatic carbocycles. The van der Waals surface area contributed by atoms with Gasteiger partial charge in [-0.05, 0) is 104 Å². The maximum absolute atomic E-state index is 11.0. The predicted molar refractivity (Wildman–Crippen MR) is 172 cm³/mol. The van der Waals surface area contributed by atoms with Crippen LogP contribution >= 0.6 is 35.6 Å². The Hall–Kier alpha value is -4.18. The zero-order valence-corrected chi connectivity index (χ0v) is 25.2. The van der Waals surface area contributed by atoms with Crippen molar-refractivity contribution in [1.82, 2.24) is 14.9 Å². The van der Waals surface area contributed by atoms with E-state index in [-0.39, 0.29) is 17.8 Å². The lowest BCUT2D eigenvalue weighted by atomic mass is 9.96. The Labute approximate surface area is 258 Å². The number of benzene rings is 3. The van der Waals surface area contributed by atoms with Crippen LogP contribution in [0.4, 0.5) is 11.4 Å². The fourth-order valence-corrected chi connectivity index (χ4v) is 6.84. The number of halogens is 1. The molecule has 5 aromatic rings. The fraction of sp³-hybridized carbons (Fsp3) is 0.125. The first-order valence-electron chi connectivity index (χ1n) is 13.3. The van der Waals surface area contributed by atoms with Gasteiger partial charge < -0.3 is 14.8 Å². The molecule has 0 radical (unpaired) electrons. The number of hydrogen-bond acceptors (Lipinski definition) is 5. The SMILES string of the molecule is Cc1cc([C@@H]2[C@@H](c3ccccn3)NC(=S)N2c2ccc(Sc3ccc([N+](=O)[O-])cc3)cc2)c(C)n1-c1cccc(Cl)c1. The number of nitro benzene ring substituents is 1. The highest BCUT2D eigenvalue weighted by Crippen LogP contribution is 2.44. The first kappa shape index (κ1) is 28.0. The molecular weight excluding hydrogens is 586 g/mol. The summed E-state index contributed by atoms with van der Waals surface area (Å²) >= 11 is 13.8. The summed E-state index contributed by atoms with van der Waals surface area (Å²) in [5.41, 5.74) is 6.28. The van der Waals surface area contributed by atoms with Gasteiger partial charge in [0.25, 0.3) is 5.69 Å². The summed E-state index contributed by atoms with van der Waals surface area (Å²) in [4.78, 5) is 19.4. The number of hydrogen-bond donors (Lipinski definition) is 1. The average molecular weight is 612 g/mol. The van der Waals surface area contributed by atoms with E-state index in [1.165, 1.54) is 12.1 Å². The van der Waals surface area contributed by atoms with Gasteiger partial charge in [-0.15, -0.1) is 0 Å². The Morgan fingerprint density at radius 2 is 1.64 bits per heavy atom.